The molecule has 4 aromatic rings. The van der Waals surface area contributed by atoms with Gasteiger partial charge in [-0.05, 0) is 43.2 Å². The summed E-state index contributed by atoms with van der Waals surface area (Å²) in [5, 5.41) is 8.34. The molecule has 182 valence electrons. The molecule has 5 rings (SSSR count). The van der Waals surface area contributed by atoms with Crippen LogP contribution in [-0.4, -0.2) is 54.4 Å². The number of carbonyl (C=O) groups excluding carboxylic acids is 2. The lowest BCUT2D eigenvalue weighted by Gasteiger charge is -2.19. The summed E-state index contributed by atoms with van der Waals surface area (Å²) in [6.07, 6.45) is 3.87. The maximum absolute atomic E-state index is 12.7. The van der Waals surface area contributed by atoms with E-state index in [1.807, 2.05) is 40.8 Å². The second-order valence-corrected chi connectivity index (χ2v) is 8.89. The highest BCUT2D eigenvalue weighted by molar-refractivity contribution is 6.04. The number of nitrogens with two attached hydrogens (primary N) is 1. The number of benzene rings is 1. The Morgan fingerprint density at radius 2 is 1.92 bits per heavy atom. The Morgan fingerprint density at radius 1 is 1.14 bits per heavy atom. The van der Waals surface area contributed by atoms with Gasteiger partial charge in [-0.2, -0.15) is 5.10 Å². The van der Waals surface area contributed by atoms with Crippen LogP contribution in [0, 0.1) is 6.92 Å². The van der Waals surface area contributed by atoms with Crippen LogP contribution in [0.4, 0.5) is 11.6 Å². The number of amides is 1. The lowest BCUT2D eigenvalue weighted by atomic mass is 10.1. The normalized spacial score (nSPS) is 15.3. The van der Waals surface area contributed by atoms with Crippen molar-refractivity contribution in [2.75, 3.05) is 24.1 Å². The molecule has 1 saturated heterocycles. The predicted octanol–water partition coefficient (Wildman–Crippen LogP) is 3.38. The number of fused-ring (bicyclic) bond motifs is 1. The number of nitrogen functional groups attached to an aromatic ring is 1. The number of ketones is 1. The van der Waals surface area contributed by atoms with Crippen LogP contribution >= 0.6 is 0 Å². The molecule has 1 atom stereocenters. The minimum absolute atomic E-state index is 0.00136. The number of hydrogen-bond acceptors (Lipinski definition) is 8. The number of pyridine rings is 1. The summed E-state index contributed by atoms with van der Waals surface area (Å²) in [4.78, 5) is 39.3. The third-order valence-electron chi connectivity index (χ3n) is 6.39. The van der Waals surface area contributed by atoms with Crippen LogP contribution in [0.25, 0.3) is 22.3 Å². The Balaban J connectivity index is 1.45. The van der Waals surface area contributed by atoms with Gasteiger partial charge in [0, 0.05) is 37.3 Å². The highest BCUT2D eigenvalue weighted by Gasteiger charge is 2.30. The zero-order chi connectivity index (χ0) is 25.4. The van der Waals surface area contributed by atoms with E-state index in [2.05, 4.69) is 26.8 Å². The van der Waals surface area contributed by atoms with Crippen molar-refractivity contribution in [1.82, 2.24) is 29.6 Å². The Kier molecular flexibility index (Phi) is 5.93. The standard InChI is InChI=1S/C26H26N8O2/c1-15-8-10-28-21(12-15)31-26(36)19-6-4-18(5-7-19)23-22-24(27)29-14-30-25(22)34(32-23)20-9-11-33(13-20)16(2)17(3)35/h4-8,10,12,14,20H,2,9,11,13H2,1,3H3,(H2,27,29,30)(H,28,31,36)/t20-/m1/s1. The van der Waals surface area contributed by atoms with Crippen molar-refractivity contribution in [1.29, 1.82) is 0 Å². The SMILES string of the molecule is C=C(C(C)=O)N1CC[C@@H](n2nc(-c3ccc(C(=O)Nc4cc(C)ccn4)cc3)c3c(N)ncnc32)C1. The smallest absolute Gasteiger partial charge is 0.256 e. The second kappa shape index (κ2) is 9.21. The van der Waals surface area contributed by atoms with E-state index in [4.69, 9.17) is 10.8 Å². The van der Waals surface area contributed by atoms with Crippen LogP contribution in [0.1, 0.15) is 35.3 Å². The van der Waals surface area contributed by atoms with E-state index >= 15 is 0 Å². The van der Waals surface area contributed by atoms with Crippen molar-refractivity contribution in [2.24, 2.45) is 0 Å². The fourth-order valence-corrected chi connectivity index (χ4v) is 4.43. The monoisotopic (exact) mass is 482 g/mol. The number of anilines is 2. The number of hydrogen-bond donors (Lipinski definition) is 2. The first-order valence-corrected chi connectivity index (χ1v) is 11.6. The molecule has 10 heteroatoms. The van der Waals surface area contributed by atoms with Crippen LogP contribution < -0.4 is 11.1 Å². The quantitative estimate of drug-likeness (QED) is 0.400. The van der Waals surface area contributed by atoms with Gasteiger partial charge in [0.15, 0.2) is 11.4 Å². The Bertz CT molecular complexity index is 1490. The summed E-state index contributed by atoms with van der Waals surface area (Å²) < 4.78 is 1.86. The highest BCUT2D eigenvalue weighted by Crippen LogP contribution is 2.34. The number of carbonyl (C=O) groups is 2. The average molecular weight is 483 g/mol. The van der Waals surface area contributed by atoms with Crippen molar-refractivity contribution in [3.8, 4) is 11.3 Å². The average Bonchev–Trinajstić information content (AvgIpc) is 3.49. The fraction of sp³-hybridized carbons (Fsp3) is 0.231. The van der Waals surface area contributed by atoms with E-state index in [-0.39, 0.29) is 17.7 Å². The summed E-state index contributed by atoms with van der Waals surface area (Å²) in [7, 11) is 0. The Morgan fingerprint density at radius 3 is 2.64 bits per heavy atom. The first-order valence-electron chi connectivity index (χ1n) is 11.6. The van der Waals surface area contributed by atoms with E-state index in [0.717, 1.165) is 17.5 Å². The van der Waals surface area contributed by atoms with Crippen LogP contribution in [0.2, 0.25) is 0 Å². The van der Waals surface area contributed by atoms with Crippen LogP contribution in [0.3, 0.4) is 0 Å². The van der Waals surface area contributed by atoms with E-state index in [0.29, 0.717) is 52.7 Å². The number of allylic oxidation sites excluding steroid dienone is 1. The number of likely N-dealkylation sites (tertiary alicyclic amines) is 1. The van der Waals surface area contributed by atoms with Gasteiger partial charge < -0.3 is 16.0 Å². The Labute approximate surface area is 207 Å². The third-order valence-corrected chi connectivity index (χ3v) is 6.39. The molecule has 3 aromatic heterocycles. The van der Waals surface area contributed by atoms with Gasteiger partial charge in [0.1, 0.15) is 23.7 Å². The van der Waals surface area contributed by atoms with Gasteiger partial charge in [-0.25, -0.2) is 19.6 Å². The van der Waals surface area contributed by atoms with Crippen molar-refractivity contribution in [3.05, 3.63) is 72.3 Å². The number of nitrogens with one attached hydrogen (secondary N) is 1. The van der Waals surface area contributed by atoms with E-state index < -0.39 is 0 Å². The van der Waals surface area contributed by atoms with Gasteiger partial charge in [-0.15, -0.1) is 0 Å². The summed E-state index contributed by atoms with van der Waals surface area (Å²) in [5.41, 5.74) is 10.3. The molecule has 0 spiro atoms. The van der Waals surface area contributed by atoms with Crippen molar-refractivity contribution in [3.63, 3.8) is 0 Å². The zero-order valence-corrected chi connectivity index (χ0v) is 20.1. The lowest BCUT2D eigenvalue weighted by Crippen LogP contribution is -2.24. The molecule has 0 bridgehead atoms. The summed E-state index contributed by atoms with van der Waals surface area (Å²) in [5.74, 6) is 0.526. The molecule has 1 amide bonds. The molecular weight excluding hydrogens is 456 g/mol. The highest BCUT2D eigenvalue weighted by atomic mass is 16.1. The number of aryl methyl sites for hydroxylation is 1. The first kappa shape index (κ1) is 23.2. The maximum Gasteiger partial charge on any atom is 0.256 e. The van der Waals surface area contributed by atoms with Crippen LogP contribution in [-0.2, 0) is 4.79 Å². The molecule has 0 aliphatic carbocycles. The number of aromatic nitrogens is 5. The second-order valence-electron chi connectivity index (χ2n) is 8.89. The van der Waals surface area contributed by atoms with Crippen molar-refractivity contribution >= 4 is 34.4 Å². The summed E-state index contributed by atoms with van der Waals surface area (Å²) in [6, 6.07) is 10.8. The molecule has 10 nitrogen and oxygen atoms in total. The molecule has 4 heterocycles. The molecule has 1 fully saturated rings. The molecule has 0 saturated carbocycles. The van der Waals surface area contributed by atoms with Crippen molar-refractivity contribution in [2.45, 2.75) is 26.3 Å². The van der Waals surface area contributed by atoms with Crippen molar-refractivity contribution < 1.29 is 9.59 Å². The summed E-state index contributed by atoms with van der Waals surface area (Å²) in [6.45, 7) is 8.68. The predicted molar refractivity (Wildman–Crippen MR) is 137 cm³/mol. The number of rotatable bonds is 6. The molecule has 1 aliphatic rings. The number of nitrogens with zero attached hydrogens (tertiary/aromatic N) is 6. The van der Waals surface area contributed by atoms with Crippen LogP contribution in [0.5, 0.6) is 0 Å². The molecular formula is C26H26N8O2. The summed E-state index contributed by atoms with van der Waals surface area (Å²) >= 11 is 0. The molecule has 3 N–H and O–H groups in total. The van der Waals surface area contributed by atoms with Gasteiger partial charge in [0.05, 0.1) is 17.1 Å². The zero-order valence-electron chi connectivity index (χ0n) is 20.1. The van der Waals surface area contributed by atoms with Gasteiger partial charge in [-0.1, -0.05) is 18.7 Å². The number of Topliss-reactive ketones (excluding diaryl/α,β-unsaturated/α-hetero) is 1. The topological polar surface area (TPSA) is 132 Å². The minimum Gasteiger partial charge on any atom is -0.383 e. The van der Waals surface area contributed by atoms with Crippen LogP contribution in [0.15, 0.2) is 61.2 Å². The van der Waals surface area contributed by atoms with Gasteiger partial charge in [0.2, 0.25) is 0 Å². The lowest BCUT2D eigenvalue weighted by molar-refractivity contribution is -0.114. The molecule has 0 unspecified atom stereocenters. The molecule has 36 heavy (non-hydrogen) atoms. The first-order chi connectivity index (χ1) is 17.3. The maximum atomic E-state index is 12.7. The molecule has 1 aromatic carbocycles. The molecule has 0 radical (unpaired) electrons. The van der Waals surface area contributed by atoms with Gasteiger partial charge >= 0.3 is 0 Å². The molecule has 1 aliphatic heterocycles. The van der Waals surface area contributed by atoms with Gasteiger partial charge in [0.25, 0.3) is 5.91 Å². The fourth-order valence-electron chi connectivity index (χ4n) is 4.43. The Hall–Kier alpha value is -4.60. The van der Waals surface area contributed by atoms with E-state index in [1.54, 1.807) is 18.3 Å². The van der Waals surface area contributed by atoms with E-state index in [1.165, 1.54) is 13.3 Å². The third kappa shape index (κ3) is 4.28. The largest absolute Gasteiger partial charge is 0.383 e. The van der Waals surface area contributed by atoms with Gasteiger partial charge in [-0.3, -0.25) is 9.59 Å². The van der Waals surface area contributed by atoms with E-state index in [9.17, 15) is 9.59 Å². The minimum atomic E-state index is -0.255.